The van der Waals surface area contributed by atoms with Gasteiger partial charge < -0.3 is 9.42 Å². The Morgan fingerprint density at radius 1 is 1.02 bits per heavy atom. The summed E-state index contributed by atoms with van der Waals surface area (Å²) in [7, 11) is -3.61. The number of thiophene rings is 1. The third kappa shape index (κ3) is 6.24. The lowest BCUT2D eigenvalue weighted by Crippen LogP contribution is -2.38. The Labute approximate surface area is 252 Å². The first-order valence-electron chi connectivity index (χ1n) is 13.7. The molecule has 6 rings (SSSR count). The van der Waals surface area contributed by atoms with Gasteiger partial charge in [-0.15, -0.1) is 22.7 Å². The summed E-state index contributed by atoms with van der Waals surface area (Å²) in [5, 5.41) is 14.8. The molecule has 0 aliphatic carbocycles. The molecule has 0 saturated carbocycles. The second-order valence-corrected chi connectivity index (χ2v) is 14.0. The molecule has 0 spiro atoms. The average molecular weight is 619 g/mol. The molecule has 2 N–H and O–H groups in total. The van der Waals surface area contributed by atoms with Gasteiger partial charge in [0.15, 0.2) is 0 Å². The highest BCUT2D eigenvalue weighted by atomic mass is 32.2. The third-order valence-corrected chi connectivity index (χ3v) is 10.2. The lowest BCUT2D eigenvalue weighted by molar-refractivity contribution is -0.131. The summed E-state index contributed by atoms with van der Waals surface area (Å²) in [4.78, 5) is 20.9. The van der Waals surface area contributed by atoms with E-state index < -0.39 is 10.0 Å². The van der Waals surface area contributed by atoms with Crippen LogP contribution in [0.25, 0.3) is 33.6 Å². The summed E-state index contributed by atoms with van der Waals surface area (Å²) in [6.45, 7) is 3.38. The number of nitrogens with zero attached hydrogens (tertiary/aromatic N) is 3. The zero-order valence-corrected chi connectivity index (χ0v) is 25.5. The molecular weight excluding hydrogens is 589 g/mol. The lowest BCUT2D eigenvalue weighted by atomic mass is 9.94. The normalized spacial score (nSPS) is 14.4. The van der Waals surface area contributed by atoms with Crippen molar-refractivity contribution < 1.29 is 17.7 Å². The van der Waals surface area contributed by atoms with Crippen LogP contribution in [0.15, 0.2) is 75.9 Å². The van der Waals surface area contributed by atoms with Crippen molar-refractivity contribution in [2.45, 2.75) is 37.9 Å². The highest BCUT2D eigenvalue weighted by Crippen LogP contribution is 2.41. The van der Waals surface area contributed by atoms with Gasteiger partial charge in [0.1, 0.15) is 11.5 Å². The van der Waals surface area contributed by atoms with E-state index in [2.05, 4.69) is 10.5 Å². The predicted octanol–water partition coefficient (Wildman–Crippen LogP) is 6.24. The van der Waals surface area contributed by atoms with Gasteiger partial charge in [0.05, 0.1) is 28.4 Å². The second-order valence-electron chi connectivity index (χ2n) is 10.5. The summed E-state index contributed by atoms with van der Waals surface area (Å²) in [6, 6.07) is 19.3. The Hall–Kier alpha value is -3.64. The van der Waals surface area contributed by atoms with Gasteiger partial charge >= 0.3 is 0 Å². The van der Waals surface area contributed by atoms with Crippen LogP contribution in [-0.2, 0) is 27.0 Å². The van der Waals surface area contributed by atoms with Crippen LogP contribution in [0.2, 0.25) is 0 Å². The first-order chi connectivity index (χ1) is 20.2. The summed E-state index contributed by atoms with van der Waals surface area (Å²) in [5.74, 6) is 0.978. The van der Waals surface area contributed by atoms with Crippen molar-refractivity contribution >= 4 is 38.6 Å². The molecule has 1 aliphatic heterocycles. The number of aromatic nitrogens is 2. The first kappa shape index (κ1) is 28.5. The maximum atomic E-state index is 12.8. The molecular formula is C31H30N4O4S3. The highest BCUT2D eigenvalue weighted by molar-refractivity contribution is 7.88. The summed E-state index contributed by atoms with van der Waals surface area (Å²) in [5.41, 5.74) is 5.80. The molecule has 0 bridgehead atoms. The van der Waals surface area contributed by atoms with Crippen molar-refractivity contribution in [1.82, 2.24) is 15.0 Å². The van der Waals surface area contributed by atoms with Gasteiger partial charge in [-0.1, -0.05) is 59.8 Å². The van der Waals surface area contributed by atoms with Crippen molar-refractivity contribution in [3.05, 3.63) is 92.6 Å². The van der Waals surface area contributed by atoms with Crippen LogP contribution in [0, 0.1) is 6.92 Å². The molecule has 1 amide bonds. The number of amides is 1. The van der Waals surface area contributed by atoms with E-state index in [1.807, 2.05) is 65.7 Å². The van der Waals surface area contributed by atoms with Crippen molar-refractivity contribution in [1.29, 1.82) is 0 Å². The fraction of sp³-hybridized carbons (Fsp3) is 0.258. The number of carbonyl (C=O) groups excluding carboxylic acids is 1. The Morgan fingerprint density at radius 3 is 2.45 bits per heavy atom. The second kappa shape index (κ2) is 11.9. The maximum absolute atomic E-state index is 12.8. The molecule has 1 aliphatic rings. The molecule has 216 valence electrons. The van der Waals surface area contributed by atoms with Gasteiger partial charge in [0.2, 0.25) is 15.9 Å². The molecule has 42 heavy (non-hydrogen) atoms. The molecule has 0 atom stereocenters. The molecule has 4 heterocycles. The van der Waals surface area contributed by atoms with Crippen LogP contribution in [0.1, 0.15) is 40.0 Å². The van der Waals surface area contributed by atoms with E-state index in [4.69, 9.17) is 14.6 Å². The summed E-state index contributed by atoms with van der Waals surface area (Å²) >= 11 is 3.27. The van der Waals surface area contributed by atoms with Gasteiger partial charge in [-0.25, -0.2) is 18.5 Å². The molecule has 1 saturated heterocycles. The SMILES string of the molecule is Cc1onc(-c2ccccc2-c2ccc(CS(N)(=O)=O)cc2)c1-c1csc(C2CCN(C(=O)Cc3cccs3)CC2)n1. The lowest BCUT2D eigenvalue weighted by Gasteiger charge is -2.31. The Bertz CT molecular complexity index is 1800. The van der Waals surface area contributed by atoms with E-state index in [0.717, 1.165) is 63.8 Å². The van der Waals surface area contributed by atoms with Crippen LogP contribution in [0.5, 0.6) is 0 Å². The van der Waals surface area contributed by atoms with Gasteiger partial charge in [0, 0.05) is 34.8 Å². The standard InChI is InChI=1S/C31H30N4O4S3/c1-20-29(27-18-41-31(33-27)23-12-14-35(15-13-23)28(36)17-24-5-4-16-40-24)30(34-39-20)26-7-3-2-6-25(26)22-10-8-21(9-11-22)19-42(32,37)38/h2-11,16,18,23H,12-15,17,19H2,1H3,(H2,32,37,38). The predicted molar refractivity (Wildman–Crippen MR) is 167 cm³/mol. The van der Waals surface area contributed by atoms with Crippen LogP contribution < -0.4 is 5.14 Å². The molecule has 3 aromatic heterocycles. The topological polar surface area (TPSA) is 119 Å². The van der Waals surface area contributed by atoms with E-state index in [0.29, 0.717) is 29.4 Å². The summed E-state index contributed by atoms with van der Waals surface area (Å²) < 4.78 is 28.7. The fourth-order valence-corrected chi connectivity index (χ4v) is 7.79. The number of likely N-dealkylation sites (tertiary alicyclic amines) is 1. The highest BCUT2D eigenvalue weighted by Gasteiger charge is 2.28. The Morgan fingerprint density at radius 2 is 1.76 bits per heavy atom. The van der Waals surface area contributed by atoms with Gasteiger partial charge in [0.25, 0.3) is 0 Å². The van der Waals surface area contributed by atoms with E-state index in [1.165, 1.54) is 0 Å². The van der Waals surface area contributed by atoms with E-state index in [-0.39, 0.29) is 11.7 Å². The number of carbonyl (C=O) groups is 1. The van der Waals surface area contributed by atoms with Crippen LogP contribution >= 0.6 is 22.7 Å². The number of hydrogen-bond acceptors (Lipinski definition) is 8. The largest absolute Gasteiger partial charge is 0.360 e. The Kier molecular flexibility index (Phi) is 8.09. The molecule has 2 aromatic carbocycles. The minimum atomic E-state index is -3.61. The molecule has 0 radical (unpaired) electrons. The molecule has 5 aromatic rings. The van der Waals surface area contributed by atoms with Gasteiger partial charge in [-0.3, -0.25) is 4.79 Å². The van der Waals surface area contributed by atoms with Crippen molar-refractivity contribution in [2.75, 3.05) is 13.1 Å². The van der Waals surface area contributed by atoms with E-state index in [1.54, 1.807) is 34.8 Å². The van der Waals surface area contributed by atoms with Crippen molar-refractivity contribution in [2.24, 2.45) is 5.14 Å². The molecule has 8 nitrogen and oxygen atoms in total. The number of piperidine rings is 1. The number of rotatable bonds is 8. The van der Waals surface area contributed by atoms with Gasteiger partial charge in [-0.2, -0.15) is 0 Å². The number of sulfonamides is 1. The third-order valence-electron chi connectivity index (χ3n) is 7.56. The van der Waals surface area contributed by atoms with Crippen molar-refractivity contribution in [3.8, 4) is 33.6 Å². The number of primary sulfonamides is 1. The quantitative estimate of drug-likeness (QED) is 0.220. The number of nitrogens with two attached hydrogens (primary N) is 1. The maximum Gasteiger partial charge on any atom is 0.227 e. The number of thiazole rings is 1. The average Bonchev–Trinajstić information content (AvgIpc) is 3.74. The summed E-state index contributed by atoms with van der Waals surface area (Å²) in [6.07, 6.45) is 2.26. The zero-order valence-electron chi connectivity index (χ0n) is 23.0. The minimum Gasteiger partial charge on any atom is -0.360 e. The molecule has 11 heteroatoms. The Balaban J connectivity index is 1.21. The van der Waals surface area contributed by atoms with E-state index >= 15 is 0 Å². The molecule has 0 unspecified atom stereocenters. The zero-order chi connectivity index (χ0) is 29.3. The minimum absolute atomic E-state index is 0.193. The monoisotopic (exact) mass is 618 g/mol. The van der Waals surface area contributed by atoms with E-state index in [9.17, 15) is 13.2 Å². The molecule has 1 fully saturated rings. The number of benzene rings is 2. The first-order valence-corrected chi connectivity index (χ1v) is 17.1. The van der Waals surface area contributed by atoms with Gasteiger partial charge in [-0.05, 0) is 47.9 Å². The van der Waals surface area contributed by atoms with Crippen LogP contribution in [0.4, 0.5) is 0 Å². The smallest absolute Gasteiger partial charge is 0.227 e. The van der Waals surface area contributed by atoms with Crippen LogP contribution in [0.3, 0.4) is 0 Å². The number of aryl methyl sites for hydroxylation is 1. The fourth-order valence-electron chi connectivity index (χ4n) is 5.45. The number of hydrogen-bond donors (Lipinski definition) is 1. The van der Waals surface area contributed by atoms with Crippen LogP contribution in [-0.4, -0.2) is 42.5 Å². The van der Waals surface area contributed by atoms with Crippen molar-refractivity contribution in [3.63, 3.8) is 0 Å².